The number of carbonyl (C=O) groups is 3. The molecule has 0 aliphatic carbocycles. The molecule has 0 fully saturated rings. The van der Waals surface area contributed by atoms with Crippen molar-refractivity contribution in [2.75, 3.05) is 13.2 Å². The third-order valence-electron chi connectivity index (χ3n) is 11.6. The largest absolute Gasteiger partial charge is 0.462 e. The van der Waals surface area contributed by atoms with Crippen LogP contribution in [0, 0.1) is 0 Å². The number of rotatable bonds is 50. The van der Waals surface area contributed by atoms with Crippen LogP contribution in [-0.4, -0.2) is 37.2 Å². The molecule has 0 heterocycles. The number of hydrogen-bond acceptors (Lipinski definition) is 6. The molecule has 0 spiro atoms. The van der Waals surface area contributed by atoms with E-state index in [0.717, 1.165) is 154 Å². The minimum Gasteiger partial charge on any atom is -0.462 e. The summed E-state index contributed by atoms with van der Waals surface area (Å²) < 4.78 is 16.8. The normalized spacial score (nSPS) is 13.1. The summed E-state index contributed by atoms with van der Waals surface area (Å²) in [6.45, 7) is 6.29. The molecule has 0 aliphatic heterocycles. The molecule has 0 aromatic carbocycles. The summed E-state index contributed by atoms with van der Waals surface area (Å²) in [5.74, 6) is -0.964. The van der Waals surface area contributed by atoms with Gasteiger partial charge in [0.15, 0.2) is 6.10 Å². The second kappa shape index (κ2) is 58.1. The van der Waals surface area contributed by atoms with Gasteiger partial charge in [-0.25, -0.2) is 0 Å². The van der Waals surface area contributed by atoms with E-state index >= 15 is 0 Å². The maximum atomic E-state index is 12.9. The Bertz CT molecular complexity index is 1550. The van der Waals surface area contributed by atoms with E-state index in [1.54, 1.807) is 0 Å². The Kier molecular flexibility index (Phi) is 54.5. The van der Waals surface area contributed by atoms with Crippen LogP contribution < -0.4 is 0 Å². The van der Waals surface area contributed by atoms with Gasteiger partial charge in [-0.05, 0) is 128 Å². The fourth-order valence-corrected chi connectivity index (χ4v) is 7.38. The Morgan fingerprint density at radius 3 is 0.873 bits per heavy atom. The molecule has 0 N–H and O–H groups in total. The van der Waals surface area contributed by atoms with Crippen LogP contribution in [0.3, 0.4) is 0 Å². The van der Waals surface area contributed by atoms with Crippen molar-refractivity contribution in [2.24, 2.45) is 0 Å². The van der Waals surface area contributed by atoms with E-state index in [0.29, 0.717) is 19.3 Å². The highest BCUT2D eigenvalue weighted by atomic mass is 16.6. The van der Waals surface area contributed by atoms with Crippen LogP contribution in [0.15, 0.2) is 134 Å². The Hall–Kier alpha value is -4.45. The second-order valence-electron chi connectivity index (χ2n) is 18.4. The van der Waals surface area contributed by atoms with Crippen molar-refractivity contribution in [1.29, 1.82) is 0 Å². The van der Waals surface area contributed by atoms with Gasteiger partial charge in [0.25, 0.3) is 0 Å². The fraction of sp³-hybridized carbons (Fsp3) is 0.615. The van der Waals surface area contributed by atoms with Crippen LogP contribution in [0.25, 0.3) is 0 Å². The van der Waals surface area contributed by atoms with Gasteiger partial charge in [0.05, 0.1) is 0 Å². The number of allylic oxidation sites excluding steroid dienone is 22. The summed E-state index contributed by atoms with van der Waals surface area (Å²) in [7, 11) is 0. The lowest BCUT2D eigenvalue weighted by Gasteiger charge is -2.18. The van der Waals surface area contributed by atoms with Gasteiger partial charge in [0, 0.05) is 19.3 Å². The monoisotopic (exact) mass is 981 g/mol. The molecule has 1 atom stereocenters. The van der Waals surface area contributed by atoms with Gasteiger partial charge < -0.3 is 14.2 Å². The van der Waals surface area contributed by atoms with Crippen molar-refractivity contribution in [1.82, 2.24) is 0 Å². The highest BCUT2D eigenvalue weighted by molar-refractivity contribution is 5.71. The maximum absolute atomic E-state index is 12.9. The number of carbonyl (C=O) groups excluding carboxylic acids is 3. The molecule has 71 heavy (non-hydrogen) atoms. The molecule has 6 heteroatoms. The molecule has 0 saturated heterocycles. The van der Waals surface area contributed by atoms with Crippen molar-refractivity contribution in [3.8, 4) is 0 Å². The zero-order chi connectivity index (χ0) is 51.4. The number of esters is 3. The summed E-state index contributed by atoms with van der Waals surface area (Å²) in [6.07, 6.45) is 81.5. The molecule has 0 bridgehead atoms. The van der Waals surface area contributed by atoms with E-state index in [4.69, 9.17) is 14.2 Å². The lowest BCUT2D eigenvalue weighted by atomic mass is 10.1. The van der Waals surface area contributed by atoms with Gasteiger partial charge in [0.1, 0.15) is 13.2 Å². The second-order valence-corrected chi connectivity index (χ2v) is 18.4. The highest BCUT2D eigenvalue weighted by Crippen LogP contribution is 2.14. The topological polar surface area (TPSA) is 78.9 Å². The van der Waals surface area contributed by atoms with E-state index in [-0.39, 0.29) is 37.5 Å². The molecule has 0 amide bonds. The molecule has 0 radical (unpaired) electrons. The minimum absolute atomic E-state index is 0.105. The van der Waals surface area contributed by atoms with Gasteiger partial charge in [-0.3, -0.25) is 14.4 Å². The van der Waals surface area contributed by atoms with Crippen LogP contribution in [-0.2, 0) is 28.6 Å². The first-order valence-electron chi connectivity index (χ1n) is 28.7. The third-order valence-corrected chi connectivity index (χ3v) is 11.6. The number of hydrogen-bond donors (Lipinski definition) is 0. The molecule has 400 valence electrons. The summed E-state index contributed by atoms with van der Waals surface area (Å²) >= 11 is 0. The molecule has 0 saturated carbocycles. The Balaban J connectivity index is 4.47. The Morgan fingerprint density at radius 1 is 0.296 bits per heavy atom. The lowest BCUT2D eigenvalue weighted by Crippen LogP contribution is -2.30. The smallest absolute Gasteiger partial charge is 0.306 e. The maximum Gasteiger partial charge on any atom is 0.306 e. The van der Waals surface area contributed by atoms with E-state index in [1.807, 2.05) is 0 Å². The predicted octanol–water partition coefficient (Wildman–Crippen LogP) is 19.4. The summed E-state index contributed by atoms with van der Waals surface area (Å²) in [5, 5.41) is 0. The number of ether oxygens (including phenoxy) is 3. The molecule has 0 rings (SSSR count). The Labute approximate surface area is 436 Å². The summed E-state index contributed by atoms with van der Waals surface area (Å²) in [4.78, 5) is 38.2. The van der Waals surface area contributed by atoms with Gasteiger partial charge in [-0.15, -0.1) is 0 Å². The van der Waals surface area contributed by atoms with Crippen LogP contribution >= 0.6 is 0 Å². The average Bonchev–Trinajstić information content (AvgIpc) is 3.37. The third kappa shape index (κ3) is 56.3. The van der Waals surface area contributed by atoms with E-state index < -0.39 is 6.10 Å². The zero-order valence-corrected chi connectivity index (χ0v) is 45.7. The molecular formula is C65H104O6. The first-order valence-corrected chi connectivity index (χ1v) is 28.7. The van der Waals surface area contributed by atoms with E-state index in [2.05, 4.69) is 154 Å². The highest BCUT2D eigenvalue weighted by Gasteiger charge is 2.19. The first-order chi connectivity index (χ1) is 35.0. The summed E-state index contributed by atoms with van der Waals surface area (Å²) in [6, 6.07) is 0. The molecule has 0 aromatic heterocycles. The molecule has 6 nitrogen and oxygen atoms in total. The van der Waals surface area contributed by atoms with E-state index in [1.165, 1.54) is 38.5 Å². The first kappa shape index (κ1) is 66.6. The molecule has 0 aromatic rings. The van der Waals surface area contributed by atoms with Gasteiger partial charge in [0.2, 0.25) is 0 Å². The molecular weight excluding hydrogens is 877 g/mol. The van der Waals surface area contributed by atoms with Crippen LogP contribution in [0.4, 0.5) is 0 Å². The zero-order valence-electron chi connectivity index (χ0n) is 45.7. The van der Waals surface area contributed by atoms with Crippen molar-refractivity contribution >= 4 is 17.9 Å². The van der Waals surface area contributed by atoms with Crippen molar-refractivity contribution < 1.29 is 28.6 Å². The summed E-state index contributed by atoms with van der Waals surface area (Å²) in [5.41, 5.74) is 0. The molecule has 1 unspecified atom stereocenters. The standard InChI is InChI=1S/C65H104O6/c1-4-7-10-13-16-19-22-25-27-29-31-32-34-35-37-40-43-46-49-52-55-58-64(67)70-61-62(60-69-63(66)57-54-51-48-45-42-39-24-21-18-15-12-9-6-3)71-65(68)59-56-53-50-47-44-41-38-36-33-30-28-26-23-20-17-14-11-8-5-2/h7-8,10-12,15-17,19-21,24-28,31-33,36,41,44,62H,4-6,9,13-14,18,22-23,29-30,34-35,37-40,42-43,45-61H2,1-3H3/b10-7-,11-8-,15-12-,19-16-,20-17-,24-21-,27-25-,28-26-,32-31-,36-33-,44-41-. The minimum atomic E-state index is -0.810. The molecule has 0 aliphatic rings. The van der Waals surface area contributed by atoms with Crippen molar-refractivity contribution in [3.63, 3.8) is 0 Å². The average molecular weight is 982 g/mol. The van der Waals surface area contributed by atoms with E-state index in [9.17, 15) is 14.4 Å². The van der Waals surface area contributed by atoms with Crippen molar-refractivity contribution in [3.05, 3.63) is 134 Å². The lowest BCUT2D eigenvalue weighted by molar-refractivity contribution is -0.167. The van der Waals surface area contributed by atoms with Crippen LogP contribution in [0.5, 0.6) is 0 Å². The Morgan fingerprint density at radius 2 is 0.549 bits per heavy atom. The fourth-order valence-electron chi connectivity index (χ4n) is 7.38. The SMILES string of the molecule is CC/C=C\C/C=C\C/C=C\C/C=C\C/C=C\CCCCCC(=O)OC(COC(=O)CCCCCCC/C=C\C/C=C\CCC)COC(=O)CCCCCCCCCC/C=C\C/C=C\C/C=C\C/C=C\CC. The predicted molar refractivity (Wildman–Crippen MR) is 306 cm³/mol. The quantitative estimate of drug-likeness (QED) is 0.0262. The van der Waals surface area contributed by atoms with Crippen LogP contribution in [0.2, 0.25) is 0 Å². The van der Waals surface area contributed by atoms with Gasteiger partial charge >= 0.3 is 17.9 Å². The van der Waals surface area contributed by atoms with Gasteiger partial charge in [-0.1, -0.05) is 225 Å². The van der Waals surface area contributed by atoms with Gasteiger partial charge in [-0.2, -0.15) is 0 Å². The number of unbranched alkanes of at least 4 members (excludes halogenated alkanes) is 17. The van der Waals surface area contributed by atoms with Crippen LogP contribution in [0.1, 0.15) is 239 Å². The van der Waals surface area contributed by atoms with Crippen molar-refractivity contribution in [2.45, 2.75) is 245 Å².